The lowest BCUT2D eigenvalue weighted by Crippen LogP contribution is -2.36. The summed E-state index contributed by atoms with van der Waals surface area (Å²) in [6, 6.07) is 6.68. The minimum atomic E-state index is -0.607. The van der Waals surface area contributed by atoms with Crippen molar-refractivity contribution < 1.29 is 14.6 Å². The van der Waals surface area contributed by atoms with Crippen molar-refractivity contribution in [2.45, 2.75) is 0 Å². The predicted octanol–water partition coefficient (Wildman–Crippen LogP) is 5.05. The summed E-state index contributed by atoms with van der Waals surface area (Å²) >= 11 is 19.5. The van der Waals surface area contributed by atoms with E-state index in [-0.39, 0.29) is 20.6 Å². The molecule has 146 valence electrons. The van der Waals surface area contributed by atoms with Gasteiger partial charge in [0.2, 0.25) is 0 Å². The quantitative estimate of drug-likeness (QED) is 0.537. The number of hydrogen-bond acceptors (Lipinski definition) is 6. The molecule has 4 rings (SSSR count). The number of halogens is 3. The summed E-state index contributed by atoms with van der Waals surface area (Å²) in [7, 11) is 0. The van der Waals surface area contributed by atoms with Gasteiger partial charge in [-0.15, -0.1) is 0 Å². The van der Waals surface area contributed by atoms with Crippen LogP contribution in [-0.2, 0) is 4.74 Å². The Hall–Kier alpha value is -1.77. The zero-order valence-corrected chi connectivity index (χ0v) is 17.4. The molecule has 0 unspecified atom stereocenters. The van der Waals surface area contributed by atoms with Gasteiger partial charge in [0.25, 0.3) is 5.91 Å². The highest BCUT2D eigenvalue weighted by molar-refractivity contribution is 7.22. The van der Waals surface area contributed by atoms with Gasteiger partial charge in [-0.3, -0.25) is 4.79 Å². The van der Waals surface area contributed by atoms with Gasteiger partial charge in [-0.05, 0) is 24.3 Å². The third-order valence-electron chi connectivity index (χ3n) is 4.29. The molecular formula is C18H14Cl3N3O3S. The van der Waals surface area contributed by atoms with Crippen molar-refractivity contribution in [3.63, 3.8) is 0 Å². The van der Waals surface area contributed by atoms with Crippen molar-refractivity contribution in [3.05, 3.63) is 44.9 Å². The van der Waals surface area contributed by atoms with Crippen LogP contribution in [-0.4, -0.2) is 42.3 Å². The van der Waals surface area contributed by atoms with E-state index in [1.54, 1.807) is 17.4 Å². The smallest absolute Gasteiger partial charge is 0.261 e. The number of hydrogen-bond donors (Lipinski definition) is 2. The Bertz CT molecular complexity index is 1040. The second kappa shape index (κ2) is 7.93. The first-order chi connectivity index (χ1) is 13.4. The van der Waals surface area contributed by atoms with Crippen LogP contribution in [0.1, 0.15) is 10.4 Å². The number of phenolic OH excluding ortho intramolecular Hbond substituents is 1. The molecule has 28 heavy (non-hydrogen) atoms. The molecule has 1 aliphatic rings. The molecule has 10 heteroatoms. The van der Waals surface area contributed by atoms with Crippen LogP contribution in [0.25, 0.3) is 10.2 Å². The van der Waals surface area contributed by atoms with Crippen molar-refractivity contribution >= 4 is 73.1 Å². The fourth-order valence-corrected chi connectivity index (χ4v) is 4.62. The molecule has 2 heterocycles. The molecule has 3 aromatic rings. The average molecular weight is 459 g/mol. The fraction of sp³-hybridized carbons (Fsp3) is 0.222. The minimum absolute atomic E-state index is 0.0485. The third kappa shape index (κ3) is 3.73. The van der Waals surface area contributed by atoms with E-state index in [1.807, 2.05) is 12.1 Å². The van der Waals surface area contributed by atoms with Crippen LogP contribution in [0.15, 0.2) is 24.3 Å². The number of phenols is 1. The van der Waals surface area contributed by atoms with E-state index in [2.05, 4.69) is 15.2 Å². The summed E-state index contributed by atoms with van der Waals surface area (Å²) in [5, 5.41) is 13.7. The number of rotatable bonds is 3. The lowest BCUT2D eigenvalue weighted by atomic mass is 10.1. The molecule has 2 N–H and O–H groups in total. The number of nitrogens with one attached hydrogen (secondary N) is 1. The lowest BCUT2D eigenvalue weighted by molar-refractivity contribution is 0.102. The monoisotopic (exact) mass is 457 g/mol. The average Bonchev–Trinajstić information content (AvgIpc) is 3.11. The number of carbonyl (C=O) groups is 1. The fourth-order valence-electron chi connectivity index (χ4n) is 2.87. The number of carbonyl (C=O) groups excluding carboxylic acids is 1. The number of nitrogens with zero attached hydrogens (tertiary/aromatic N) is 2. The third-order valence-corrected chi connectivity index (χ3v) is 6.44. The Morgan fingerprint density at radius 1 is 1.18 bits per heavy atom. The van der Waals surface area contributed by atoms with E-state index in [1.165, 1.54) is 6.07 Å². The van der Waals surface area contributed by atoms with Crippen LogP contribution < -0.4 is 10.2 Å². The van der Waals surface area contributed by atoms with E-state index in [0.717, 1.165) is 28.4 Å². The number of thiazole rings is 1. The first kappa shape index (κ1) is 19.5. The number of ether oxygens (including phenoxy) is 1. The molecule has 2 aromatic carbocycles. The molecule has 0 bridgehead atoms. The number of fused-ring (bicyclic) bond motifs is 1. The molecular weight excluding hydrogens is 445 g/mol. The van der Waals surface area contributed by atoms with Crippen molar-refractivity contribution in [2.24, 2.45) is 0 Å². The van der Waals surface area contributed by atoms with Crippen LogP contribution in [0.4, 0.5) is 10.8 Å². The van der Waals surface area contributed by atoms with Crippen LogP contribution in [0.2, 0.25) is 15.1 Å². The molecule has 6 nitrogen and oxygen atoms in total. The van der Waals surface area contributed by atoms with E-state index in [4.69, 9.17) is 39.5 Å². The molecule has 0 saturated carbocycles. The Balaban J connectivity index is 1.61. The Labute approximate surface area is 179 Å². The van der Waals surface area contributed by atoms with Crippen molar-refractivity contribution in [1.82, 2.24) is 4.98 Å². The molecule has 1 aliphatic heterocycles. The first-order valence-corrected chi connectivity index (χ1v) is 10.3. The molecule has 1 saturated heterocycles. The zero-order valence-electron chi connectivity index (χ0n) is 14.3. The van der Waals surface area contributed by atoms with Gasteiger partial charge in [0.15, 0.2) is 5.13 Å². The number of aromatic nitrogens is 1. The van der Waals surface area contributed by atoms with E-state index in [9.17, 15) is 9.90 Å². The number of benzene rings is 2. The van der Waals surface area contributed by atoms with Crippen LogP contribution in [0, 0.1) is 0 Å². The van der Waals surface area contributed by atoms with Crippen molar-refractivity contribution in [2.75, 3.05) is 36.5 Å². The van der Waals surface area contributed by atoms with Crippen LogP contribution >= 0.6 is 46.1 Å². The minimum Gasteiger partial charge on any atom is -0.505 e. The standard InChI is InChI=1S/C18H14Cl3N3O3S/c19-10-8-11(20)16(25)14(15(10)21)17(26)22-9-1-2-12-13(7-9)28-18(23-12)24-3-5-27-6-4-24/h1-2,7-8,25H,3-6H2,(H,22,26). The van der Waals surface area contributed by atoms with E-state index >= 15 is 0 Å². The molecule has 0 spiro atoms. The molecule has 0 radical (unpaired) electrons. The Kier molecular flexibility index (Phi) is 5.53. The highest BCUT2D eigenvalue weighted by Gasteiger charge is 2.22. The second-order valence-electron chi connectivity index (χ2n) is 6.11. The Morgan fingerprint density at radius 2 is 1.93 bits per heavy atom. The first-order valence-electron chi connectivity index (χ1n) is 8.35. The summed E-state index contributed by atoms with van der Waals surface area (Å²) in [6.45, 7) is 2.97. The highest BCUT2D eigenvalue weighted by atomic mass is 35.5. The molecule has 0 atom stereocenters. The van der Waals surface area contributed by atoms with Gasteiger partial charge in [-0.1, -0.05) is 46.1 Å². The SMILES string of the molecule is O=C(Nc1ccc2nc(N3CCOCC3)sc2c1)c1c(O)c(Cl)cc(Cl)c1Cl. The topological polar surface area (TPSA) is 74.7 Å². The lowest BCUT2D eigenvalue weighted by Gasteiger charge is -2.25. The summed E-state index contributed by atoms with van der Waals surface area (Å²) in [5.74, 6) is -1.02. The van der Waals surface area contributed by atoms with Gasteiger partial charge in [0.05, 0.1) is 38.5 Å². The summed E-state index contributed by atoms with van der Waals surface area (Å²) < 4.78 is 6.30. The van der Waals surface area contributed by atoms with Gasteiger partial charge < -0.3 is 20.1 Å². The van der Waals surface area contributed by atoms with Gasteiger partial charge in [-0.25, -0.2) is 4.98 Å². The van der Waals surface area contributed by atoms with Gasteiger partial charge >= 0.3 is 0 Å². The maximum atomic E-state index is 12.6. The molecule has 1 amide bonds. The molecule has 1 fully saturated rings. The second-order valence-corrected chi connectivity index (χ2v) is 8.31. The van der Waals surface area contributed by atoms with Crippen molar-refractivity contribution in [3.8, 4) is 5.75 Å². The summed E-state index contributed by atoms with van der Waals surface area (Å²) in [4.78, 5) is 19.5. The number of aromatic hydroxyl groups is 1. The summed E-state index contributed by atoms with van der Waals surface area (Å²) in [6.07, 6.45) is 0. The largest absolute Gasteiger partial charge is 0.505 e. The maximum Gasteiger partial charge on any atom is 0.261 e. The normalized spacial score (nSPS) is 14.5. The number of anilines is 2. The van der Waals surface area contributed by atoms with Crippen LogP contribution in [0.3, 0.4) is 0 Å². The highest BCUT2D eigenvalue weighted by Crippen LogP contribution is 2.39. The number of morpholine rings is 1. The Morgan fingerprint density at radius 3 is 2.68 bits per heavy atom. The van der Waals surface area contributed by atoms with E-state index in [0.29, 0.717) is 18.9 Å². The summed E-state index contributed by atoms with van der Waals surface area (Å²) in [5.41, 5.74) is 1.22. The van der Waals surface area contributed by atoms with E-state index < -0.39 is 11.7 Å². The molecule has 1 aromatic heterocycles. The maximum absolute atomic E-state index is 12.6. The predicted molar refractivity (Wildman–Crippen MR) is 114 cm³/mol. The van der Waals surface area contributed by atoms with Gasteiger partial charge in [0, 0.05) is 18.8 Å². The molecule has 0 aliphatic carbocycles. The number of amides is 1. The van der Waals surface area contributed by atoms with Gasteiger partial charge in [0.1, 0.15) is 11.3 Å². The zero-order chi connectivity index (χ0) is 19.8. The van der Waals surface area contributed by atoms with Crippen LogP contribution in [0.5, 0.6) is 5.75 Å². The van der Waals surface area contributed by atoms with Gasteiger partial charge in [-0.2, -0.15) is 0 Å². The van der Waals surface area contributed by atoms with Crippen molar-refractivity contribution in [1.29, 1.82) is 0 Å².